The summed E-state index contributed by atoms with van der Waals surface area (Å²) in [6, 6.07) is 8.74. The van der Waals surface area contributed by atoms with Gasteiger partial charge >= 0.3 is 0 Å². The third kappa shape index (κ3) is 3.64. The van der Waals surface area contributed by atoms with Crippen molar-refractivity contribution in [3.8, 4) is 0 Å². The molecule has 102 valence electrons. The first-order chi connectivity index (χ1) is 9.08. The van der Waals surface area contributed by atoms with Crippen LogP contribution < -0.4 is 5.73 Å². The average Bonchev–Trinajstić information content (AvgIpc) is 2.69. The summed E-state index contributed by atoms with van der Waals surface area (Å²) in [7, 11) is 1.95. The molecule has 0 saturated carbocycles. The van der Waals surface area contributed by atoms with Gasteiger partial charge in [-0.15, -0.1) is 0 Å². The van der Waals surface area contributed by atoms with Gasteiger partial charge in [0.15, 0.2) is 0 Å². The van der Waals surface area contributed by atoms with Crippen LogP contribution in [0.4, 0.5) is 4.39 Å². The van der Waals surface area contributed by atoms with E-state index in [1.807, 2.05) is 30.8 Å². The molecule has 2 N–H and O–H groups in total. The molecule has 4 heteroatoms. The predicted octanol–water partition coefficient (Wildman–Crippen LogP) is 2.23. The second-order valence-electron chi connectivity index (χ2n) is 5.04. The highest BCUT2D eigenvalue weighted by Crippen LogP contribution is 2.15. The quantitative estimate of drug-likeness (QED) is 0.897. The molecule has 1 atom stereocenters. The minimum absolute atomic E-state index is 0.199. The van der Waals surface area contributed by atoms with Crippen molar-refractivity contribution in [2.75, 3.05) is 6.54 Å². The lowest BCUT2D eigenvalue weighted by Gasteiger charge is -2.14. The second-order valence-corrected chi connectivity index (χ2v) is 5.04. The van der Waals surface area contributed by atoms with E-state index in [0.717, 1.165) is 24.1 Å². The van der Waals surface area contributed by atoms with Crippen molar-refractivity contribution in [1.29, 1.82) is 0 Å². The Hall–Kier alpha value is -1.68. The molecule has 2 rings (SSSR count). The van der Waals surface area contributed by atoms with Crippen LogP contribution in [0.15, 0.2) is 30.3 Å². The molecular weight excluding hydrogens is 241 g/mol. The van der Waals surface area contributed by atoms with Crippen LogP contribution in [0, 0.1) is 18.7 Å². The van der Waals surface area contributed by atoms with Crippen LogP contribution in [-0.2, 0) is 19.9 Å². The molecule has 1 unspecified atom stereocenters. The number of aromatic nitrogens is 2. The topological polar surface area (TPSA) is 43.8 Å². The molecule has 0 aliphatic carbocycles. The van der Waals surface area contributed by atoms with Crippen molar-refractivity contribution < 1.29 is 4.39 Å². The van der Waals surface area contributed by atoms with E-state index < -0.39 is 0 Å². The third-order valence-electron chi connectivity index (χ3n) is 3.37. The van der Waals surface area contributed by atoms with Crippen molar-refractivity contribution in [3.05, 3.63) is 53.1 Å². The molecule has 0 aliphatic heterocycles. The second kappa shape index (κ2) is 5.97. The van der Waals surface area contributed by atoms with E-state index in [1.165, 1.54) is 17.8 Å². The molecule has 1 heterocycles. The van der Waals surface area contributed by atoms with Crippen molar-refractivity contribution in [3.63, 3.8) is 0 Å². The molecule has 0 fully saturated rings. The highest BCUT2D eigenvalue weighted by molar-refractivity contribution is 5.17. The number of halogens is 1. The first-order valence-corrected chi connectivity index (χ1v) is 6.52. The summed E-state index contributed by atoms with van der Waals surface area (Å²) in [5, 5.41) is 4.34. The predicted molar refractivity (Wildman–Crippen MR) is 74.3 cm³/mol. The Bertz CT molecular complexity index is 531. The fourth-order valence-corrected chi connectivity index (χ4v) is 2.34. The van der Waals surface area contributed by atoms with Crippen LogP contribution in [0.25, 0.3) is 0 Å². The standard InChI is InChI=1S/C15H20FN3/c1-11-7-15(19(2)18-11)9-13(10-17)8-12-3-5-14(16)6-4-12/h3-7,13H,8-10,17H2,1-2H3. The van der Waals surface area contributed by atoms with Crippen molar-refractivity contribution in [2.45, 2.75) is 19.8 Å². The fourth-order valence-electron chi connectivity index (χ4n) is 2.34. The Kier molecular flexibility index (Phi) is 4.32. The zero-order chi connectivity index (χ0) is 13.8. The lowest BCUT2D eigenvalue weighted by atomic mass is 9.94. The maximum atomic E-state index is 12.9. The van der Waals surface area contributed by atoms with Gasteiger partial charge in [0.1, 0.15) is 5.82 Å². The Morgan fingerprint density at radius 1 is 1.26 bits per heavy atom. The largest absolute Gasteiger partial charge is 0.330 e. The number of nitrogens with two attached hydrogens (primary N) is 1. The SMILES string of the molecule is Cc1cc(CC(CN)Cc2ccc(F)cc2)n(C)n1. The zero-order valence-corrected chi connectivity index (χ0v) is 11.4. The Morgan fingerprint density at radius 3 is 2.47 bits per heavy atom. The molecular formula is C15H20FN3. The molecule has 0 saturated heterocycles. The maximum Gasteiger partial charge on any atom is 0.123 e. The summed E-state index contributed by atoms with van der Waals surface area (Å²) in [4.78, 5) is 0. The van der Waals surface area contributed by atoms with Crippen molar-refractivity contribution in [2.24, 2.45) is 18.7 Å². The summed E-state index contributed by atoms with van der Waals surface area (Å²) in [5.41, 5.74) is 9.19. The van der Waals surface area contributed by atoms with Gasteiger partial charge in [-0.1, -0.05) is 12.1 Å². The summed E-state index contributed by atoms with van der Waals surface area (Å²) < 4.78 is 14.8. The van der Waals surface area contributed by atoms with Crippen LogP contribution in [-0.4, -0.2) is 16.3 Å². The summed E-state index contributed by atoms with van der Waals surface area (Å²) >= 11 is 0. The number of hydrogen-bond donors (Lipinski definition) is 1. The molecule has 0 spiro atoms. The third-order valence-corrected chi connectivity index (χ3v) is 3.37. The minimum Gasteiger partial charge on any atom is -0.330 e. The number of nitrogens with zero attached hydrogens (tertiary/aromatic N) is 2. The van der Waals surface area contributed by atoms with Crippen molar-refractivity contribution >= 4 is 0 Å². The average molecular weight is 261 g/mol. The van der Waals surface area contributed by atoms with E-state index in [2.05, 4.69) is 11.2 Å². The van der Waals surface area contributed by atoms with Crippen LogP contribution in [0.3, 0.4) is 0 Å². The lowest BCUT2D eigenvalue weighted by Crippen LogP contribution is -2.20. The fraction of sp³-hybridized carbons (Fsp3) is 0.400. The lowest BCUT2D eigenvalue weighted by molar-refractivity contribution is 0.510. The normalized spacial score (nSPS) is 12.6. The van der Waals surface area contributed by atoms with Gasteiger partial charge in [-0.3, -0.25) is 4.68 Å². The molecule has 19 heavy (non-hydrogen) atoms. The first kappa shape index (κ1) is 13.7. The molecule has 3 nitrogen and oxygen atoms in total. The molecule has 0 bridgehead atoms. The summed E-state index contributed by atoms with van der Waals surface area (Å²) in [6.07, 6.45) is 1.76. The Morgan fingerprint density at radius 2 is 1.95 bits per heavy atom. The van der Waals surface area contributed by atoms with E-state index >= 15 is 0 Å². The van der Waals surface area contributed by atoms with Crippen LogP contribution in [0.2, 0.25) is 0 Å². The molecule has 1 aromatic heterocycles. The summed E-state index contributed by atoms with van der Waals surface area (Å²) in [5.74, 6) is 0.149. The molecule has 0 amide bonds. The van der Waals surface area contributed by atoms with Gasteiger partial charge in [0.05, 0.1) is 5.69 Å². The van der Waals surface area contributed by atoms with Gasteiger partial charge in [0.2, 0.25) is 0 Å². The first-order valence-electron chi connectivity index (χ1n) is 6.52. The minimum atomic E-state index is -0.199. The molecule has 0 aliphatic rings. The van der Waals surface area contributed by atoms with E-state index in [9.17, 15) is 4.39 Å². The Labute approximate surface area is 113 Å². The van der Waals surface area contributed by atoms with E-state index in [1.54, 1.807) is 0 Å². The molecule has 1 aromatic carbocycles. The van der Waals surface area contributed by atoms with Gasteiger partial charge < -0.3 is 5.73 Å². The monoisotopic (exact) mass is 261 g/mol. The van der Waals surface area contributed by atoms with Gasteiger partial charge in [0.25, 0.3) is 0 Å². The van der Waals surface area contributed by atoms with Gasteiger partial charge in [-0.05, 0) is 56.0 Å². The Balaban J connectivity index is 2.04. The smallest absolute Gasteiger partial charge is 0.123 e. The van der Waals surface area contributed by atoms with Gasteiger partial charge in [0, 0.05) is 12.7 Å². The van der Waals surface area contributed by atoms with E-state index in [0.29, 0.717) is 12.5 Å². The number of rotatable bonds is 5. The number of aryl methyl sites for hydroxylation is 2. The van der Waals surface area contributed by atoms with Crippen molar-refractivity contribution in [1.82, 2.24) is 9.78 Å². The van der Waals surface area contributed by atoms with E-state index in [-0.39, 0.29) is 5.82 Å². The molecule has 0 radical (unpaired) electrons. The highest BCUT2D eigenvalue weighted by atomic mass is 19.1. The highest BCUT2D eigenvalue weighted by Gasteiger charge is 2.12. The number of benzene rings is 1. The molecule has 2 aromatic rings. The van der Waals surface area contributed by atoms with Crippen LogP contribution >= 0.6 is 0 Å². The van der Waals surface area contributed by atoms with Gasteiger partial charge in [-0.25, -0.2) is 4.39 Å². The van der Waals surface area contributed by atoms with Crippen LogP contribution in [0.5, 0.6) is 0 Å². The maximum absolute atomic E-state index is 12.9. The zero-order valence-electron chi connectivity index (χ0n) is 11.4. The van der Waals surface area contributed by atoms with Crippen LogP contribution in [0.1, 0.15) is 17.0 Å². The van der Waals surface area contributed by atoms with Gasteiger partial charge in [-0.2, -0.15) is 5.10 Å². The summed E-state index contributed by atoms with van der Waals surface area (Å²) in [6.45, 7) is 2.60. The van der Waals surface area contributed by atoms with E-state index in [4.69, 9.17) is 5.73 Å². The number of hydrogen-bond acceptors (Lipinski definition) is 2.